The number of hydrogen-bond acceptors (Lipinski definition) is 5. The maximum absolute atomic E-state index is 12.7. The summed E-state index contributed by atoms with van der Waals surface area (Å²) in [5.74, 6) is -0.624. The molecule has 1 aliphatic heterocycles. The van der Waals surface area contributed by atoms with Gasteiger partial charge >= 0.3 is 0 Å². The van der Waals surface area contributed by atoms with Crippen LogP contribution in [0.5, 0.6) is 0 Å². The van der Waals surface area contributed by atoms with Gasteiger partial charge in [-0.15, -0.1) is 0 Å². The molecule has 2 amide bonds. The third-order valence-electron chi connectivity index (χ3n) is 4.17. The number of rotatable bonds is 7. The molecular weight excluding hydrogens is 308 g/mol. The second-order valence-corrected chi connectivity index (χ2v) is 5.74. The highest BCUT2D eigenvalue weighted by Gasteiger charge is 2.37. The van der Waals surface area contributed by atoms with Gasteiger partial charge in [0.2, 0.25) is 0 Å². The van der Waals surface area contributed by atoms with Crippen molar-refractivity contribution in [3.63, 3.8) is 0 Å². The Labute approximate surface area is 139 Å². The summed E-state index contributed by atoms with van der Waals surface area (Å²) in [7, 11) is 0. The fraction of sp³-hybridized carbons (Fsp3) is 0.333. The summed E-state index contributed by atoms with van der Waals surface area (Å²) < 4.78 is 0. The summed E-state index contributed by atoms with van der Waals surface area (Å²) in [6.45, 7) is 0.810. The predicted octanol–water partition coefficient (Wildman–Crippen LogP) is 1.61. The van der Waals surface area contributed by atoms with Crippen molar-refractivity contribution < 1.29 is 19.8 Å². The van der Waals surface area contributed by atoms with Crippen LogP contribution in [-0.4, -0.2) is 53.2 Å². The zero-order chi connectivity index (χ0) is 17.1. The van der Waals surface area contributed by atoms with E-state index in [-0.39, 0.29) is 31.6 Å². The molecule has 0 aromatic heterocycles. The minimum atomic E-state index is -0.320. The van der Waals surface area contributed by atoms with Gasteiger partial charge in [0.25, 0.3) is 11.8 Å². The number of aliphatic hydroxyl groups excluding tert-OH is 2. The number of hydrogen-bond donors (Lipinski definition) is 3. The fourth-order valence-electron chi connectivity index (χ4n) is 3.03. The van der Waals surface area contributed by atoms with Crippen molar-refractivity contribution in [2.45, 2.75) is 12.8 Å². The number of anilines is 1. The van der Waals surface area contributed by atoms with E-state index in [4.69, 9.17) is 10.2 Å². The van der Waals surface area contributed by atoms with E-state index in [1.54, 1.807) is 6.07 Å². The van der Waals surface area contributed by atoms with E-state index in [1.807, 2.05) is 24.3 Å². The first-order chi connectivity index (χ1) is 11.7. The quantitative estimate of drug-likeness (QED) is 0.531. The average Bonchev–Trinajstić information content (AvgIpc) is 2.84. The second-order valence-electron chi connectivity index (χ2n) is 5.74. The van der Waals surface area contributed by atoms with Crippen LogP contribution < -0.4 is 5.32 Å². The summed E-state index contributed by atoms with van der Waals surface area (Å²) >= 11 is 0. The van der Waals surface area contributed by atoms with E-state index in [9.17, 15) is 9.59 Å². The first-order valence-electron chi connectivity index (χ1n) is 8.06. The Kier molecular flexibility index (Phi) is 4.78. The molecule has 2 aromatic carbocycles. The molecule has 6 heteroatoms. The van der Waals surface area contributed by atoms with Crippen molar-refractivity contribution in [2.75, 3.05) is 31.6 Å². The highest BCUT2D eigenvalue weighted by Crippen LogP contribution is 2.35. The minimum absolute atomic E-state index is 0.0673. The summed E-state index contributed by atoms with van der Waals surface area (Å²) in [5.41, 5.74) is 1.60. The van der Waals surface area contributed by atoms with Crippen molar-refractivity contribution >= 4 is 28.3 Å². The normalized spacial score (nSPS) is 13.7. The van der Waals surface area contributed by atoms with Crippen LogP contribution in [-0.2, 0) is 0 Å². The fourth-order valence-corrected chi connectivity index (χ4v) is 3.03. The number of amides is 2. The van der Waals surface area contributed by atoms with Gasteiger partial charge in [0.05, 0.1) is 11.1 Å². The standard InChI is InChI=1S/C18H20N2O4/c21-9-3-7-19-15-11-14-16(13-6-2-1-5-12(13)15)18(24)20(17(14)23)8-4-10-22/h1-2,5-6,11,19,21-22H,3-4,7-10H2. The molecule has 1 aliphatic rings. The third-order valence-corrected chi connectivity index (χ3v) is 4.17. The largest absolute Gasteiger partial charge is 0.396 e. The van der Waals surface area contributed by atoms with Crippen LogP contribution in [0.3, 0.4) is 0 Å². The lowest BCUT2D eigenvalue weighted by Crippen LogP contribution is -2.31. The van der Waals surface area contributed by atoms with Crippen molar-refractivity contribution in [1.82, 2.24) is 4.90 Å². The van der Waals surface area contributed by atoms with Crippen LogP contribution in [0.25, 0.3) is 10.8 Å². The maximum atomic E-state index is 12.7. The SMILES string of the molecule is O=C1c2cc(NCCCO)c3ccccc3c2C(=O)N1CCCO. The van der Waals surface area contributed by atoms with Crippen LogP contribution in [0.15, 0.2) is 30.3 Å². The van der Waals surface area contributed by atoms with Gasteiger partial charge in [-0.2, -0.15) is 0 Å². The Balaban J connectivity index is 2.07. The molecule has 0 spiro atoms. The number of fused-ring (bicyclic) bond motifs is 3. The minimum Gasteiger partial charge on any atom is -0.396 e. The number of carbonyl (C=O) groups excluding carboxylic acids is 2. The van der Waals surface area contributed by atoms with Crippen molar-refractivity contribution in [3.8, 4) is 0 Å². The molecule has 0 aliphatic carbocycles. The van der Waals surface area contributed by atoms with E-state index in [0.29, 0.717) is 30.5 Å². The van der Waals surface area contributed by atoms with Crippen LogP contribution in [0.4, 0.5) is 5.69 Å². The first-order valence-corrected chi connectivity index (χ1v) is 8.06. The Morgan fingerprint density at radius 2 is 1.67 bits per heavy atom. The van der Waals surface area contributed by atoms with E-state index in [2.05, 4.69) is 5.32 Å². The molecule has 1 heterocycles. The smallest absolute Gasteiger partial charge is 0.262 e. The average molecular weight is 328 g/mol. The molecular formula is C18H20N2O4. The molecule has 0 radical (unpaired) electrons. The van der Waals surface area contributed by atoms with Crippen LogP contribution in [0.1, 0.15) is 33.6 Å². The Hall–Kier alpha value is -2.44. The van der Waals surface area contributed by atoms with Crippen molar-refractivity contribution in [3.05, 3.63) is 41.5 Å². The van der Waals surface area contributed by atoms with Crippen molar-refractivity contribution in [2.24, 2.45) is 0 Å². The molecule has 0 bridgehead atoms. The summed E-state index contributed by atoms with van der Waals surface area (Å²) in [6, 6.07) is 9.19. The molecule has 0 fully saturated rings. The van der Waals surface area contributed by atoms with Gasteiger partial charge in [-0.3, -0.25) is 14.5 Å². The molecule has 126 valence electrons. The van der Waals surface area contributed by atoms with E-state index < -0.39 is 0 Å². The van der Waals surface area contributed by atoms with Crippen LogP contribution in [0.2, 0.25) is 0 Å². The number of nitrogens with zero attached hydrogens (tertiary/aromatic N) is 1. The van der Waals surface area contributed by atoms with Crippen LogP contribution in [0, 0.1) is 0 Å². The predicted molar refractivity (Wildman–Crippen MR) is 91.2 cm³/mol. The Morgan fingerprint density at radius 1 is 0.958 bits per heavy atom. The van der Waals surface area contributed by atoms with Gasteiger partial charge in [0.15, 0.2) is 0 Å². The zero-order valence-corrected chi connectivity index (χ0v) is 13.3. The van der Waals surface area contributed by atoms with Crippen LogP contribution >= 0.6 is 0 Å². The molecule has 6 nitrogen and oxygen atoms in total. The lowest BCUT2D eigenvalue weighted by Gasteiger charge is -2.12. The topological polar surface area (TPSA) is 89.9 Å². The Bertz CT molecular complexity index is 788. The molecule has 0 unspecified atom stereocenters. The summed E-state index contributed by atoms with van der Waals surface area (Å²) in [4.78, 5) is 26.5. The molecule has 3 rings (SSSR count). The molecule has 0 saturated carbocycles. The van der Waals surface area contributed by atoms with Gasteiger partial charge in [0, 0.05) is 37.4 Å². The molecule has 24 heavy (non-hydrogen) atoms. The molecule has 2 aromatic rings. The zero-order valence-electron chi connectivity index (χ0n) is 13.3. The lowest BCUT2D eigenvalue weighted by molar-refractivity contribution is 0.0646. The van der Waals surface area contributed by atoms with E-state index in [1.165, 1.54) is 4.90 Å². The maximum Gasteiger partial charge on any atom is 0.262 e. The number of nitrogens with one attached hydrogen (secondary N) is 1. The van der Waals surface area contributed by atoms with Gasteiger partial charge in [0.1, 0.15) is 0 Å². The number of carbonyl (C=O) groups is 2. The monoisotopic (exact) mass is 328 g/mol. The molecule has 3 N–H and O–H groups in total. The van der Waals surface area contributed by atoms with Gasteiger partial charge in [-0.05, 0) is 24.3 Å². The van der Waals surface area contributed by atoms with E-state index in [0.717, 1.165) is 16.5 Å². The molecule has 0 saturated heterocycles. The van der Waals surface area contributed by atoms with Crippen molar-refractivity contribution in [1.29, 1.82) is 0 Å². The van der Waals surface area contributed by atoms with Gasteiger partial charge in [-0.1, -0.05) is 24.3 Å². The summed E-state index contributed by atoms with van der Waals surface area (Å²) in [5, 5.41) is 22.8. The number of aliphatic hydroxyl groups is 2. The number of benzene rings is 2. The van der Waals surface area contributed by atoms with Gasteiger partial charge < -0.3 is 15.5 Å². The second kappa shape index (κ2) is 6.98. The van der Waals surface area contributed by atoms with E-state index >= 15 is 0 Å². The molecule has 0 atom stereocenters. The van der Waals surface area contributed by atoms with Gasteiger partial charge in [-0.25, -0.2) is 0 Å². The highest BCUT2D eigenvalue weighted by atomic mass is 16.3. The third kappa shape index (κ3) is 2.74. The summed E-state index contributed by atoms with van der Waals surface area (Å²) in [6.07, 6.45) is 0.964. The highest BCUT2D eigenvalue weighted by molar-refractivity contribution is 6.27. The lowest BCUT2D eigenvalue weighted by atomic mass is 9.98. The first kappa shape index (κ1) is 16.4. The number of imide groups is 1. The Morgan fingerprint density at radius 3 is 2.38 bits per heavy atom.